The van der Waals surface area contributed by atoms with Gasteiger partial charge in [0.25, 0.3) is 0 Å². The fourth-order valence-corrected chi connectivity index (χ4v) is 1.95. The second kappa shape index (κ2) is 4.62. The summed E-state index contributed by atoms with van der Waals surface area (Å²) in [7, 11) is 0. The van der Waals surface area contributed by atoms with Crippen molar-refractivity contribution in [1.82, 2.24) is 0 Å². The van der Waals surface area contributed by atoms with Crippen molar-refractivity contribution in [3.05, 3.63) is 42.5 Å². The Morgan fingerprint density at radius 3 is 2.65 bits per heavy atom. The van der Waals surface area contributed by atoms with Gasteiger partial charge in [0.2, 0.25) is 0 Å². The van der Waals surface area contributed by atoms with Gasteiger partial charge in [-0.15, -0.1) is 0 Å². The van der Waals surface area contributed by atoms with E-state index in [1.807, 2.05) is 30.3 Å². The van der Waals surface area contributed by atoms with E-state index in [1.165, 1.54) is 0 Å². The van der Waals surface area contributed by atoms with Crippen molar-refractivity contribution in [3.63, 3.8) is 0 Å². The van der Waals surface area contributed by atoms with Crippen LogP contribution in [0.3, 0.4) is 0 Å². The van der Waals surface area contributed by atoms with E-state index in [-0.39, 0.29) is 12.1 Å². The lowest BCUT2D eigenvalue weighted by Gasteiger charge is -2.25. The second-order valence-electron chi connectivity index (χ2n) is 4.53. The van der Waals surface area contributed by atoms with Gasteiger partial charge >= 0.3 is 6.09 Å². The molecule has 2 rings (SSSR count). The molecule has 1 amide bonds. The predicted octanol–water partition coefficient (Wildman–Crippen LogP) is 3.22. The maximum absolute atomic E-state index is 11.8. The minimum Gasteiger partial charge on any atom is -0.447 e. The molecule has 1 aliphatic rings. The summed E-state index contributed by atoms with van der Waals surface area (Å²) in [6.45, 7) is 8.62. The van der Waals surface area contributed by atoms with Crippen LogP contribution in [0.5, 0.6) is 0 Å². The van der Waals surface area contributed by atoms with Crippen LogP contribution in [0.25, 0.3) is 0 Å². The minimum atomic E-state index is -0.289. The van der Waals surface area contributed by atoms with Crippen molar-refractivity contribution in [2.45, 2.75) is 19.9 Å². The highest BCUT2D eigenvalue weighted by molar-refractivity contribution is 5.91. The number of hydrogen-bond acceptors (Lipinski definition) is 2. The summed E-state index contributed by atoms with van der Waals surface area (Å²) >= 11 is 0. The monoisotopic (exact) mass is 231 g/mol. The van der Waals surface area contributed by atoms with Crippen LogP contribution in [-0.4, -0.2) is 18.7 Å². The number of nitrogens with zero attached hydrogens (tertiary/aromatic N) is 1. The summed E-state index contributed by atoms with van der Waals surface area (Å²) in [5, 5.41) is 0. The van der Waals surface area contributed by atoms with Crippen LogP contribution >= 0.6 is 0 Å². The van der Waals surface area contributed by atoms with Crippen molar-refractivity contribution in [1.29, 1.82) is 0 Å². The molecule has 3 heteroatoms. The molecule has 1 aliphatic heterocycles. The van der Waals surface area contributed by atoms with Gasteiger partial charge in [-0.1, -0.05) is 38.6 Å². The first kappa shape index (κ1) is 11.7. The molecule has 0 aliphatic carbocycles. The van der Waals surface area contributed by atoms with E-state index in [2.05, 4.69) is 20.4 Å². The van der Waals surface area contributed by atoms with E-state index in [4.69, 9.17) is 4.74 Å². The average molecular weight is 231 g/mol. The Hall–Kier alpha value is -1.77. The minimum absolute atomic E-state index is 0.0510. The second-order valence-corrected chi connectivity index (χ2v) is 4.53. The maximum atomic E-state index is 11.8. The van der Waals surface area contributed by atoms with E-state index < -0.39 is 0 Å². The van der Waals surface area contributed by atoms with Crippen molar-refractivity contribution in [2.75, 3.05) is 11.5 Å². The number of rotatable bonds is 3. The van der Waals surface area contributed by atoms with Crippen LogP contribution in [-0.2, 0) is 4.74 Å². The third-order valence-electron chi connectivity index (χ3n) is 3.08. The number of cyclic esters (lactones) is 1. The highest BCUT2D eigenvalue weighted by Gasteiger charge is 2.36. The molecule has 1 aromatic carbocycles. The summed E-state index contributed by atoms with van der Waals surface area (Å²) in [4.78, 5) is 13.5. The van der Waals surface area contributed by atoms with E-state index in [0.29, 0.717) is 12.5 Å². The summed E-state index contributed by atoms with van der Waals surface area (Å²) < 4.78 is 5.13. The summed E-state index contributed by atoms with van der Waals surface area (Å²) in [6, 6.07) is 9.52. The van der Waals surface area contributed by atoms with Crippen LogP contribution in [0, 0.1) is 5.92 Å². The summed E-state index contributed by atoms with van der Waals surface area (Å²) in [5.74, 6) is 0.334. The lowest BCUT2D eigenvalue weighted by atomic mass is 9.97. The fourth-order valence-electron chi connectivity index (χ4n) is 1.95. The molecule has 0 spiro atoms. The van der Waals surface area contributed by atoms with Gasteiger partial charge < -0.3 is 4.74 Å². The Morgan fingerprint density at radius 1 is 1.41 bits per heavy atom. The quantitative estimate of drug-likeness (QED) is 0.747. The smallest absolute Gasteiger partial charge is 0.415 e. The molecule has 1 unspecified atom stereocenters. The molecule has 17 heavy (non-hydrogen) atoms. The maximum Gasteiger partial charge on any atom is 0.415 e. The Bertz CT molecular complexity index is 425. The molecule has 1 atom stereocenters. The first-order valence-corrected chi connectivity index (χ1v) is 5.81. The molecule has 1 heterocycles. The third-order valence-corrected chi connectivity index (χ3v) is 3.08. The Kier molecular flexibility index (Phi) is 3.18. The average Bonchev–Trinajstić information content (AvgIpc) is 2.71. The topological polar surface area (TPSA) is 29.5 Å². The first-order chi connectivity index (χ1) is 8.11. The molecule has 0 radical (unpaired) electrons. The lowest BCUT2D eigenvalue weighted by molar-refractivity contribution is 0.179. The standard InChI is InChI=1S/C14H17NO2/c1-10(2)11(3)13-9-17-14(16)15(13)12-7-5-4-6-8-12/h4-8,10,13H,3,9H2,1-2H3. The number of carbonyl (C=O) groups is 1. The number of para-hydroxylation sites is 1. The van der Waals surface area contributed by atoms with E-state index >= 15 is 0 Å². The molecule has 1 aromatic rings. The zero-order valence-corrected chi connectivity index (χ0v) is 10.2. The molecule has 1 saturated heterocycles. The normalized spacial score (nSPS) is 19.6. The molecule has 0 aromatic heterocycles. The van der Waals surface area contributed by atoms with Gasteiger partial charge in [-0.2, -0.15) is 0 Å². The number of ether oxygens (including phenoxy) is 1. The number of benzene rings is 1. The van der Waals surface area contributed by atoms with Crippen LogP contribution in [0.4, 0.5) is 10.5 Å². The van der Waals surface area contributed by atoms with Gasteiger partial charge in [0.05, 0.1) is 6.04 Å². The van der Waals surface area contributed by atoms with Gasteiger partial charge in [0.15, 0.2) is 0 Å². The van der Waals surface area contributed by atoms with Crippen LogP contribution in [0.15, 0.2) is 42.5 Å². The van der Waals surface area contributed by atoms with Crippen molar-refractivity contribution in [2.24, 2.45) is 5.92 Å². The largest absolute Gasteiger partial charge is 0.447 e. The van der Waals surface area contributed by atoms with Crippen LogP contribution in [0.1, 0.15) is 13.8 Å². The Morgan fingerprint density at radius 2 is 2.06 bits per heavy atom. The fraction of sp³-hybridized carbons (Fsp3) is 0.357. The number of carbonyl (C=O) groups excluding carboxylic acids is 1. The molecular formula is C14H17NO2. The van der Waals surface area contributed by atoms with Crippen LogP contribution in [0.2, 0.25) is 0 Å². The van der Waals surface area contributed by atoms with Crippen molar-refractivity contribution < 1.29 is 9.53 Å². The Labute approximate surface area is 102 Å². The van der Waals surface area contributed by atoms with Gasteiger partial charge in [0.1, 0.15) is 6.61 Å². The SMILES string of the molecule is C=C(C(C)C)C1COC(=O)N1c1ccccc1. The highest BCUT2D eigenvalue weighted by atomic mass is 16.6. The van der Waals surface area contributed by atoms with Crippen molar-refractivity contribution in [3.8, 4) is 0 Å². The molecule has 90 valence electrons. The Balaban J connectivity index is 2.30. The molecule has 1 fully saturated rings. The van der Waals surface area contributed by atoms with Gasteiger partial charge in [0, 0.05) is 5.69 Å². The predicted molar refractivity (Wildman–Crippen MR) is 68.0 cm³/mol. The lowest BCUT2D eigenvalue weighted by Crippen LogP contribution is -2.35. The molecule has 0 N–H and O–H groups in total. The number of anilines is 1. The van der Waals surface area contributed by atoms with E-state index in [9.17, 15) is 4.79 Å². The zero-order chi connectivity index (χ0) is 12.4. The van der Waals surface area contributed by atoms with Gasteiger partial charge in [-0.3, -0.25) is 4.90 Å². The van der Waals surface area contributed by atoms with E-state index in [0.717, 1.165) is 11.3 Å². The van der Waals surface area contributed by atoms with Crippen molar-refractivity contribution >= 4 is 11.8 Å². The third kappa shape index (κ3) is 2.18. The van der Waals surface area contributed by atoms with Crippen LogP contribution < -0.4 is 4.90 Å². The van der Waals surface area contributed by atoms with Gasteiger partial charge in [-0.05, 0) is 23.6 Å². The molecule has 0 saturated carbocycles. The summed E-state index contributed by atoms with van der Waals surface area (Å²) in [5.41, 5.74) is 1.89. The molecule has 3 nitrogen and oxygen atoms in total. The molecular weight excluding hydrogens is 214 g/mol. The van der Waals surface area contributed by atoms with Gasteiger partial charge in [-0.25, -0.2) is 4.79 Å². The number of hydrogen-bond donors (Lipinski definition) is 0. The molecule has 0 bridgehead atoms. The zero-order valence-electron chi connectivity index (χ0n) is 10.2. The number of amides is 1. The first-order valence-electron chi connectivity index (χ1n) is 5.81. The highest BCUT2D eigenvalue weighted by Crippen LogP contribution is 2.28. The van der Waals surface area contributed by atoms with E-state index in [1.54, 1.807) is 4.90 Å². The summed E-state index contributed by atoms with van der Waals surface area (Å²) in [6.07, 6.45) is -0.289.